The molecule has 3 nitrogen and oxygen atoms in total. The fraction of sp³-hybridized carbons (Fsp3) is 0.235. The number of carboxylic acid groups (broad SMARTS) is 1. The normalized spacial score (nSPS) is 11.9. The zero-order valence-corrected chi connectivity index (χ0v) is 12.5. The van der Waals surface area contributed by atoms with E-state index in [1.807, 2.05) is 24.3 Å². The first-order valence-electron chi connectivity index (χ1n) is 6.82. The largest absolute Gasteiger partial charge is 0.478 e. The summed E-state index contributed by atoms with van der Waals surface area (Å²) in [6, 6.07) is 14.5. The maximum Gasteiger partial charge on any atom is 0.345 e. The van der Waals surface area contributed by atoms with E-state index in [0.29, 0.717) is 17.2 Å². The highest BCUT2D eigenvalue weighted by molar-refractivity contribution is 6.30. The van der Waals surface area contributed by atoms with Gasteiger partial charge in [0.15, 0.2) is 6.10 Å². The van der Waals surface area contributed by atoms with Crippen LogP contribution in [0.4, 0.5) is 0 Å². The van der Waals surface area contributed by atoms with Gasteiger partial charge in [-0.2, -0.15) is 0 Å². The van der Waals surface area contributed by atoms with Crippen LogP contribution in [-0.2, 0) is 17.6 Å². The van der Waals surface area contributed by atoms with E-state index in [-0.39, 0.29) is 0 Å². The van der Waals surface area contributed by atoms with Gasteiger partial charge in [-0.15, -0.1) is 0 Å². The Labute approximate surface area is 129 Å². The molecule has 21 heavy (non-hydrogen) atoms. The second-order valence-electron chi connectivity index (χ2n) is 4.73. The highest BCUT2D eigenvalue weighted by Crippen LogP contribution is 2.19. The van der Waals surface area contributed by atoms with E-state index in [9.17, 15) is 9.90 Å². The van der Waals surface area contributed by atoms with Crippen molar-refractivity contribution in [1.82, 2.24) is 0 Å². The molecule has 0 aliphatic rings. The monoisotopic (exact) mass is 304 g/mol. The van der Waals surface area contributed by atoms with Gasteiger partial charge in [-0.3, -0.25) is 0 Å². The third kappa shape index (κ3) is 4.23. The standard InChI is InChI=1S/C17H17ClO3/c1-2-12-5-3-4-6-13(12)11-16(17(19)20)21-15-9-7-14(18)8-10-15/h3-10,16H,2,11H2,1H3,(H,19,20). The predicted molar refractivity (Wildman–Crippen MR) is 83.0 cm³/mol. The first kappa shape index (κ1) is 15.4. The minimum atomic E-state index is -0.976. The van der Waals surface area contributed by atoms with Crippen LogP contribution in [0.25, 0.3) is 0 Å². The lowest BCUT2D eigenvalue weighted by Crippen LogP contribution is -2.29. The Morgan fingerprint density at radius 3 is 2.33 bits per heavy atom. The van der Waals surface area contributed by atoms with Crippen LogP contribution >= 0.6 is 11.6 Å². The van der Waals surface area contributed by atoms with E-state index in [4.69, 9.17) is 16.3 Å². The molecule has 0 fully saturated rings. The highest BCUT2D eigenvalue weighted by atomic mass is 35.5. The lowest BCUT2D eigenvalue weighted by atomic mass is 10.00. The van der Waals surface area contributed by atoms with Gasteiger partial charge in [0.05, 0.1) is 0 Å². The van der Waals surface area contributed by atoms with E-state index in [1.165, 1.54) is 0 Å². The van der Waals surface area contributed by atoms with Gasteiger partial charge in [0.2, 0.25) is 0 Å². The summed E-state index contributed by atoms with van der Waals surface area (Å²) in [6.07, 6.45) is 0.282. The molecule has 110 valence electrons. The van der Waals surface area contributed by atoms with E-state index < -0.39 is 12.1 Å². The molecule has 0 heterocycles. The van der Waals surface area contributed by atoms with Crippen molar-refractivity contribution in [2.45, 2.75) is 25.9 Å². The minimum Gasteiger partial charge on any atom is -0.478 e. The molecule has 1 atom stereocenters. The quantitative estimate of drug-likeness (QED) is 0.878. The van der Waals surface area contributed by atoms with E-state index >= 15 is 0 Å². The summed E-state index contributed by atoms with van der Waals surface area (Å²) in [5.41, 5.74) is 2.14. The maximum atomic E-state index is 11.4. The van der Waals surface area contributed by atoms with Crippen molar-refractivity contribution >= 4 is 17.6 Å². The van der Waals surface area contributed by atoms with Crippen LogP contribution in [0.3, 0.4) is 0 Å². The van der Waals surface area contributed by atoms with Gasteiger partial charge in [-0.25, -0.2) is 4.79 Å². The van der Waals surface area contributed by atoms with Gasteiger partial charge < -0.3 is 9.84 Å². The molecule has 4 heteroatoms. The Hall–Kier alpha value is -2.00. The zero-order valence-electron chi connectivity index (χ0n) is 11.8. The summed E-state index contributed by atoms with van der Waals surface area (Å²) in [7, 11) is 0. The fourth-order valence-electron chi connectivity index (χ4n) is 2.16. The number of aliphatic carboxylic acids is 1. The molecule has 1 unspecified atom stereocenters. The molecule has 2 aromatic carbocycles. The fourth-order valence-corrected chi connectivity index (χ4v) is 2.28. The van der Waals surface area contributed by atoms with Gasteiger partial charge in [0, 0.05) is 11.4 Å². The summed E-state index contributed by atoms with van der Waals surface area (Å²) >= 11 is 5.81. The summed E-state index contributed by atoms with van der Waals surface area (Å²) in [4.78, 5) is 11.4. The topological polar surface area (TPSA) is 46.5 Å². The van der Waals surface area contributed by atoms with Crippen LogP contribution in [-0.4, -0.2) is 17.2 Å². The Bertz CT molecular complexity index is 608. The van der Waals surface area contributed by atoms with Crippen molar-refractivity contribution in [3.8, 4) is 5.75 Å². The Morgan fingerprint density at radius 2 is 1.76 bits per heavy atom. The predicted octanol–water partition coefficient (Wildman–Crippen LogP) is 3.98. The van der Waals surface area contributed by atoms with Gasteiger partial charge in [0.1, 0.15) is 5.75 Å². The lowest BCUT2D eigenvalue weighted by Gasteiger charge is -2.17. The molecule has 2 rings (SSSR count). The summed E-state index contributed by atoms with van der Waals surface area (Å²) in [6.45, 7) is 2.05. The van der Waals surface area contributed by atoms with Crippen LogP contribution < -0.4 is 4.74 Å². The summed E-state index contributed by atoms with van der Waals surface area (Å²) < 4.78 is 5.58. The van der Waals surface area contributed by atoms with Crippen molar-refractivity contribution in [3.63, 3.8) is 0 Å². The highest BCUT2D eigenvalue weighted by Gasteiger charge is 2.21. The number of rotatable bonds is 6. The van der Waals surface area contributed by atoms with E-state index in [1.54, 1.807) is 24.3 Å². The average molecular weight is 305 g/mol. The minimum absolute atomic E-state index is 0.335. The van der Waals surface area contributed by atoms with Crippen LogP contribution in [0.5, 0.6) is 5.75 Å². The van der Waals surface area contributed by atoms with Crippen molar-refractivity contribution < 1.29 is 14.6 Å². The molecule has 0 amide bonds. The molecule has 0 radical (unpaired) electrons. The number of hydrogen-bond donors (Lipinski definition) is 1. The van der Waals surface area contributed by atoms with Crippen LogP contribution in [0.2, 0.25) is 5.02 Å². The third-order valence-corrected chi connectivity index (χ3v) is 3.52. The van der Waals surface area contributed by atoms with Crippen LogP contribution in [0.15, 0.2) is 48.5 Å². The van der Waals surface area contributed by atoms with E-state index in [0.717, 1.165) is 17.5 Å². The molecule has 1 N–H and O–H groups in total. The second-order valence-corrected chi connectivity index (χ2v) is 5.16. The van der Waals surface area contributed by atoms with Gasteiger partial charge >= 0.3 is 5.97 Å². The number of benzene rings is 2. The molecule has 0 bridgehead atoms. The molecule has 0 aliphatic carbocycles. The average Bonchev–Trinajstić information content (AvgIpc) is 2.49. The molecule has 0 aliphatic heterocycles. The Balaban J connectivity index is 2.16. The Kier molecular flexibility index (Phi) is 5.23. The number of carbonyl (C=O) groups is 1. The molecule has 0 spiro atoms. The zero-order chi connectivity index (χ0) is 15.2. The summed E-state index contributed by atoms with van der Waals surface area (Å²) in [5.74, 6) is -0.475. The number of hydrogen-bond acceptors (Lipinski definition) is 2. The van der Waals surface area contributed by atoms with E-state index in [2.05, 4.69) is 6.92 Å². The third-order valence-electron chi connectivity index (χ3n) is 3.27. The number of aryl methyl sites for hydroxylation is 1. The molecule has 0 saturated heterocycles. The molecule has 2 aromatic rings. The van der Waals surface area contributed by atoms with Crippen molar-refractivity contribution in [2.75, 3.05) is 0 Å². The van der Waals surface area contributed by atoms with Gasteiger partial charge in [-0.1, -0.05) is 42.8 Å². The lowest BCUT2D eigenvalue weighted by molar-refractivity contribution is -0.145. The first-order chi connectivity index (χ1) is 10.1. The van der Waals surface area contributed by atoms with Gasteiger partial charge in [0.25, 0.3) is 0 Å². The summed E-state index contributed by atoms with van der Waals surface area (Å²) in [5, 5.41) is 9.95. The molecule has 0 saturated carbocycles. The molecular weight excluding hydrogens is 288 g/mol. The number of ether oxygens (including phenoxy) is 1. The second kappa shape index (κ2) is 7.14. The number of carboxylic acids is 1. The van der Waals surface area contributed by atoms with Gasteiger partial charge in [-0.05, 0) is 41.8 Å². The van der Waals surface area contributed by atoms with Crippen molar-refractivity contribution in [3.05, 3.63) is 64.7 Å². The van der Waals surface area contributed by atoms with Crippen molar-refractivity contribution in [2.24, 2.45) is 0 Å². The smallest absolute Gasteiger partial charge is 0.345 e. The maximum absolute atomic E-state index is 11.4. The SMILES string of the molecule is CCc1ccccc1CC(Oc1ccc(Cl)cc1)C(=O)O. The van der Waals surface area contributed by atoms with Crippen LogP contribution in [0.1, 0.15) is 18.1 Å². The molecular formula is C17H17ClO3. The molecule has 0 aromatic heterocycles. The van der Waals surface area contributed by atoms with Crippen LogP contribution in [0, 0.1) is 0 Å². The number of halogens is 1. The Morgan fingerprint density at radius 1 is 1.14 bits per heavy atom. The van der Waals surface area contributed by atoms with Crippen molar-refractivity contribution in [1.29, 1.82) is 0 Å². The first-order valence-corrected chi connectivity index (χ1v) is 7.19.